The Labute approximate surface area is 135 Å². The molecule has 2 rings (SSSR count). The van der Waals surface area contributed by atoms with E-state index >= 15 is 0 Å². The summed E-state index contributed by atoms with van der Waals surface area (Å²) in [5.41, 5.74) is 3.95. The first-order chi connectivity index (χ1) is 10.4. The highest BCUT2D eigenvalue weighted by Crippen LogP contribution is 2.23. The Morgan fingerprint density at radius 2 is 1.68 bits per heavy atom. The van der Waals surface area contributed by atoms with E-state index in [2.05, 4.69) is 10.6 Å². The number of thiocarbonyl (C=S) groups is 1. The topological polar surface area (TPSA) is 61.4 Å². The summed E-state index contributed by atoms with van der Waals surface area (Å²) in [5, 5.41) is 15.4. The van der Waals surface area contributed by atoms with Crippen LogP contribution >= 0.6 is 12.2 Å². The molecule has 0 fully saturated rings. The highest BCUT2D eigenvalue weighted by Gasteiger charge is 2.11. The number of carbonyl (C=O) groups excluding carboxylic acids is 1. The van der Waals surface area contributed by atoms with Crippen LogP contribution in [0.25, 0.3) is 0 Å². The van der Waals surface area contributed by atoms with Crippen molar-refractivity contribution in [2.24, 2.45) is 0 Å². The molecule has 0 aliphatic carbocycles. The average molecular weight is 314 g/mol. The number of benzene rings is 2. The van der Waals surface area contributed by atoms with Crippen molar-refractivity contribution in [2.45, 2.75) is 20.8 Å². The summed E-state index contributed by atoms with van der Waals surface area (Å²) in [5.74, 6) is -0.190. The SMILES string of the molecule is Cc1ccc(C(=O)NC(=S)Nc2ccc(C)cc2O)c(C)c1. The lowest BCUT2D eigenvalue weighted by Gasteiger charge is -2.12. The van der Waals surface area contributed by atoms with E-state index in [9.17, 15) is 9.90 Å². The Morgan fingerprint density at radius 3 is 2.32 bits per heavy atom. The smallest absolute Gasteiger partial charge is 0.257 e. The van der Waals surface area contributed by atoms with Crippen molar-refractivity contribution in [1.82, 2.24) is 5.32 Å². The number of amides is 1. The lowest BCUT2D eigenvalue weighted by Crippen LogP contribution is -2.34. The molecule has 0 aliphatic rings. The molecule has 0 aromatic heterocycles. The number of phenolic OH excluding ortho intramolecular Hbond substituents is 1. The van der Waals surface area contributed by atoms with Gasteiger partial charge < -0.3 is 10.4 Å². The number of hydrogen-bond acceptors (Lipinski definition) is 3. The quantitative estimate of drug-likeness (QED) is 0.587. The van der Waals surface area contributed by atoms with Crippen LogP contribution in [0.5, 0.6) is 5.75 Å². The number of hydrogen-bond donors (Lipinski definition) is 3. The number of aryl methyl sites for hydroxylation is 3. The molecule has 4 nitrogen and oxygen atoms in total. The van der Waals surface area contributed by atoms with E-state index in [1.54, 1.807) is 18.2 Å². The first-order valence-corrected chi connectivity index (χ1v) is 7.27. The third-order valence-electron chi connectivity index (χ3n) is 3.26. The van der Waals surface area contributed by atoms with Crippen molar-refractivity contribution in [3.05, 3.63) is 58.7 Å². The zero-order valence-corrected chi connectivity index (χ0v) is 13.5. The van der Waals surface area contributed by atoms with Gasteiger partial charge in [-0.05, 0) is 62.3 Å². The van der Waals surface area contributed by atoms with Gasteiger partial charge in [-0.25, -0.2) is 0 Å². The Morgan fingerprint density at radius 1 is 1.05 bits per heavy atom. The largest absolute Gasteiger partial charge is 0.506 e. The molecule has 0 saturated carbocycles. The van der Waals surface area contributed by atoms with Crippen LogP contribution in [0.2, 0.25) is 0 Å². The van der Waals surface area contributed by atoms with Gasteiger partial charge in [0, 0.05) is 5.56 Å². The second-order valence-electron chi connectivity index (χ2n) is 5.25. The summed E-state index contributed by atoms with van der Waals surface area (Å²) in [6.07, 6.45) is 0. The molecule has 0 spiro atoms. The van der Waals surface area contributed by atoms with Crippen LogP contribution in [0.4, 0.5) is 5.69 Å². The van der Waals surface area contributed by atoms with Crippen LogP contribution in [0.15, 0.2) is 36.4 Å². The van der Waals surface area contributed by atoms with Crippen LogP contribution in [-0.2, 0) is 0 Å². The predicted octanol–water partition coefficient (Wildman–Crippen LogP) is 3.44. The predicted molar refractivity (Wildman–Crippen MR) is 92.4 cm³/mol. The molecular formula is C17H18N2O2S. The third-order valence-corrected chi connectivity index (χ3v) is 3.46. The lowest BCUT2D eigenvalue weighted by molar-refractivity contribution is 0.0977. The molecule has 22 heavy (non-hydrogen) atoms. The van der Waals surface area contributed by atoms with Gasteiger partial charge in [0.2, 0.25) is 0 Å². The van der Waals surface area contributed by atoms with Crippen molar-refractivity contribution < 1.29 is 9.90 Å². The first kappa shape index (κ1) is 16.0. The lowest BCUT2D eigenvalue weighted by atomic mass is 10.1. The van der Waals surface area contributed by atoms with E-state index in [-0.39, 0.29) is 16.8 Å². The van der Waals surface area contributed by atoms with E-state index in [1.807, 2.05) is 39.0 Å². The van der Waals surface area contributed by atoms with Crippen LogP contribution in [0.3, 0.4) is 0 Å². The van der Waals surface area contributed by atoms with Crippen LogP contribution in [0.1, 0.15) is 27.0 Å². The Kier molecular flexibility index (Phi) is 4.78. The summed E-state index contributed by atoms with van der Waals surface area (Å²) in [7, 11) is 0. The number of anilines is 1. The standard InChI is InChI=1S/C17H18N2O2S/c1-10-4-6-13(12(3)8-10)16(21)19-17(22)18-14-7-5-11(2)9-15(14)20/h4-9,20H,1-3H3,(H2,18,19,21,22). The number of carbonyl (C=O) groups is 1. The van der Waals surface area contributed by atoms with Gasteiger partial charge in [0.15, 0.2) is 5.11 Å². The third kappa shape index (κ3) is 3.83. The number of phenols is 1. The number of rotatable bonds is 2. The van der Waals surface area contributed by atoms with Gasteiger partial charge in [0.25, 0.3) is 5.91 Å². The highest BCUT2D eigenvalue weighted by atomic mass is 32.1. The van der Waals surface area contributed by atoms with E-state index < -0.39 is 0 Å². The summed E-state index contributed by atoms with van der Waals surface area (Å²) in [4.78, 5) is 12.2. The molecule has 2 aromatic carbocycles. The number of aromatic hydroxyl groups is 1. The maximum Gasteiger partial charge on any atom is 0.257 e. The summed E-state index contributed by atoms with van der Waals surface area (Å²) < 4.78 is 0. The minimum atomic E-state index is -0.276. The highest BCUT2D eigenvalue weighted by molar-refractivity contribution is 7.80. The molecule has 0 saturated heterocycles. The van der Waals surface area contributed by atoms with E-state index in [0.717, 1.165) is 16.7 Å². The summed E-state index contributed by atoms with van der Waals surface area (Å²) in [6, 6.07) is 10.8. The van der Waals surface area contributed by atoms with Gasteiger partial charge in [0.05, 0.1) is 5.69 Å². The second kappa shape index (κ2) is 6.58. The van der Waals surface area contributed by atoms with Crippen LogP contribution in [0, 0.1) is 20.8 Å². The molecule has 0 atom stereocenters. The summed E-state index contributed by atoms with van der Waals surface area (Å²) >= 11 is 5.12. The Bertz CT molecular complexity index is 741. The second-order valence-corrected chi connectivity index (χ2v) is 5.66. The molecule has 2 aromatic rings. The van der Waals surface area contributed by atoms with E-state index in [1.165, 1.54) is 0 Å². The normalized spacial score (nSPS) is 10.1. The fourth-order valence-electron chi connectivity index (χ4n) is 2.14. The fourth-order valence-corrected chi connectivity index (χ4v) is 2.34. The summed E-state index contributed by atoms with van der Waals surface area (Å²) in [6.45, 7) is 5.73. The van der Waals surface area contributed by atoms with Crippen molar-refractivity contribution in [3.63, 3.8) is 0 Å². The van der Waals surface area contributed by atoms with Gasteiger partial charge in [0.1, 0.15) is 5.75 Å². The van der Waals surface area contributed by atoms with Gasteiger partial charge in [-0.1, -0.05) is 23.8 Å². The molecule has 0 unspecified atom stereocenters. The molecule has 0 heterocycles. The van der Waals surface area contributed by atoms with E-state index in [4.69, 9.17) is 12.2 Å². The molecular weight excluding hydrogens is 296 g/mol. The minimum absolute atomic E-state index is 0.0862. The first-order valence-electron chi connectivity index (χ1n) is 6.86. The zero-order valence-electron chi connectivity index (χ0n) is 12.7. The number of nitrogens with one attached hydrogen (secondary N) is 2. The van der Waals surface area contributed by atoms with Gasteiger partial charge in [-0.15, -0.1) is 0 Å². The van der Waals surface area contributed by atoms with Gasteiger partial charge >= 0.3 is 0 Å². The molecule has 0 bridgehead atoms. The van der Waals surface area contributed by atoms with E-state index in [0.29, 0.717) is 11.3 Å². The Hall–Kier alpha value is -2.40. The maximum atomic E-state index is 12.2. The van der Waals surface area contributed by atoms with Crippen molar-refractivity contribution >= 4 is 28.9 Å². The Balaban J connectivity index is 2.06. The molecule has 114 valence electrons. The molecule has 0 radical (unpaired) electrons. The molecule has 3 N–H and O–H groups in total. The van der Waals surface area contributed by atoms with Crippen LogP contribution in [-0.4, -0.2) is 16.1 Å². The molecule has 1 amide bonds. The van der Waals surface area contributed by atoms with Crippen molar-refractivity contribution in [3.8, 4) is 5.75 Å². The van der Waals surface area contributed by atoms with Gasteiger partial charge in [-0.3, -0.25) is 10.1 Å². The zero-order chi connectivity index (χ0) is 16.3. The molecule has 5 heteroatoms. The molecule has 0 aliphatic heterocycles. The van der Waals surface area contributed by atoms with Crippen LogP contribution < -0.4 is 10.6 Å². The van der Waals surface area contributed by atoms with Gasteiger partial charge in [-0.2, -0.15) is 0 Å². The fraction of sp³-hybridized carbons (Fsp3) is 0.176. The minimum Gasteiger partial charge on any atom is -0.506 e. The monoisotopic (exact) mass is 314 g/mol. The maximum absolute atomic E-state index is 12.2. The van der Waals surface area contributed by atoms with Crippen molar-refractivity contribution in [1.29, 1.82) is 0 Å². The van der Waals surface area contributed by atoms with Crippen molar-refractivity contribution in [2.75, 3.05) is 5.32 Å². The average Bonchev–Trinajstić information content (AvgIpc) is 2.41.